The van der Waals surface area contributed by atoms with Gasteiger partial charge in [0.05, 0.1) is 12.2 Å². The summed E-state index contributed by atoms with van der Waals surface area (Å²) in [7, 11) is 0. The van der Waals surface area contributed by atoms with Crippen molar-refractivity contribution in [2.24, 2.45) is 0 Å². The Hall–Kier alpha value is -1.39. The standard InChI is InChI=1S/C13H11BrO3/c1-2-8-7-17-12(11(8)13(15)16)9-3-5-10(14)6-4-9/h2-6,12H,1,7H2,(H,15,16). The molecule has 0 radical (unpaired) electrons. The Bertz CT molecular complexity index is 488. The van der Waals surface area contributed by atoms with Crippen LogP contribution in [0.4, 0.5) is 0 Å². The molecule has 1 aromatic carbocycles. The van der Waals surface area contributed by atoms with Crippen molar-refractivity contribution in [3.05, 3.63) is 58.1 Å². The third-order valence-electron chi connectivity index (χ3n) is 2.66. The van der Waals surface area contributed by atoms with Gasteiger partial charge in [0.2, 0.25) is 0 Å². The summed E-state index contributed by atoms with van der Waals surface area (Å²) in [6.07, 6.45) is 1.04. The van der Waals surface area contributed by atoms with Crippen LogP contribution < -0.4 is 0 Å². The number of rotatable bonds is 3. The normalized spacial score (nSPS) is 19.5. The van der Waals surface area contributed by atoms with Crippen LogP contribution in [0.25, 0.3) is 0 Å². The van der Waals surface area contributed by atoms with Gasteiger partial charge in [-0.05, 0) is 23.3 Å². The zero-order valence-corrected chi connectivity index (χ0v) is 10.6. The summed E-state index contributed by atoms with van der Waals surface area (Å²) in [6.45, 7) is 3.91. The fourth-order valence-corrected chi connectivity index (χ4v) is 2.09. The summed E-state index contributed by atoms with van der Waals surface area (Å²) in [5, 5.41) is 9.21. The Kier molecular flexibility index (Phi) is 3.45. The van der Waals surface area contributed by atoms with Crippen molar-refractivity contribution in [1.29, 1.82) is 0 Å². The van der Waals surface area contributed by atoms with Gasteiger partial charge in [-0.25, -0.2) is 4.79 Å². The summed E-state index contributed by atoms with van der Waals surface area (Å²) in [5.74, 6) is -0.953. The molecule has 0 bridgehead atoms. The average molecular weight is 295 g/mol. The topological polar surface area (TPSA) is 46.5 Å². The van der Waals surface area contributed by atoms with Gasteiger partial charge in [-0.3, -0.25) is 0 Å². The average Bonchev–Trinajstić information content (AvgIpc) is 2.73. The van der Waals surface area contributed by atoms with Crippen LogP contribution in [0.3, 0.4) is 0 Å². The number of benzene rings is 1. The molecule has 3 nitrogen and oxygen atoms in total. The van der Waals surface area contributed by atoms with E-state index in [1.807, 2.05) is 24.3 Å². The Morgan fingerprint density at radius 2 is 2.12 bits per heavy atom. The molecule has 1 aromatic rings. The number of ether oxygens (including phenoxy) is 1. The second-order valence-corrected chi connectivity index (χ2v) is 4.61. The first kappa shape index (κ1) is 12.1. The lowest BCUT2D eigenvalue weighted by atomic mass is 9.99. The first-order valence-electron chi connectivity index (χ1n) is 5.09. The van der Waals surface area contributed by atoms with E-state index >= 15 is 0 Å². The highest BCUT2D eigenvalue weighted by atomic mass is 79.9. The van der Waals surface area contributed by atoms with E-state index < -0.39 is 12.1 Å². The first-order chi connectivity index (χ1) is 8.13. The zero-order valence-electron chi connectivity index (χ0n) is 9.02. The molecule has 1 N–H and O–H groups in total. The van der Waals surface area contributed by atoms with Crippen molar-refractivity contribution < 1.29 is 14.6 Å². The Labute approximate surface area is 108 Å². The van der Waals surface area contributed by atoms with Crippen LogP contribution in [0, 0.1) is 0 Å². The minimum absolute atomic E-state index is 0.280. The van der Waals surface area contributed by atoms with E-state index in [9.17, 15) is 9.90 Å². The molecule has 88 valence electrons. The van der Waals surface area contributed by atoms with E-state index in [1.165, 1.54) is 0 Å². The second-order valence-electron chi connectivity index (χ2n) is 3.69. The maximum Gasteiger partial charge on any atom is 0.334 e. The summed E-state index contributed by atoms with van der Waals surface area (Å²) in [4.78, 5) is 11.2. The molecule has 0 saturated heterocycles. The second kappa shape index (κ2) is 4.85. The molecule has 0 aliphatic carbocycles. The molecule has 0 fully saturated rings. The number of hydrogen-bond acceptors (Lipinski definition) is 2. The quantitative estimate of drug-likeness (QED) is 0.932. The molecule has 1 aliphatic rings. The smallest absolute Gasteiger partial charge is 0.334 e. The van der Waals surface area contributed by atoms with E-state index in [0.717, 1.165) is 10.0 Å². The molecule has 1 atom stereocenters. The molecule has 1 heterocycles. The summed E-state index contributed by atoms with van der Waals surface area (Å²) >= 11 is 3.34. The number of carbonyl (C=O) groups is 1. The van der Waals surface area contributed by atoms with E-state index in [-0.39, 0.29) is 5.57 Å². The minimum atomic E-state index is -0.953. The maximum atomic E-state index is 11.2. The van der Waals surface area contributed by atoms with Crippen LogP contribution in [0.2, 0.25) is 0 Å². The number of hydrogen-bond donors (Lipinski definition) is 1. The fraction of sp³-hybridized carbons (Fsp3) is 0.154. The molecule has 0 saturated carbocycles. The van der Waals surface area contributed by atoms with Gasteiger partial charge in [0.25, 0.3) is 0 Å². The third-order valence-corrected chi connectivity index (χ3v) is 3.19. The lowest BCUT2D eigenvalue weighted by Crippen LogP contribution is -2.09. The molecule has 17 heavy (non-hydrogen) atoms. The molecule has 2 rings (SSSR count). The highest BCUT2D eigenvalue weighted by Gasteiger charge is 2.31. The minimum Gasteiger partial charge on any atom is -0.478 e. The third kappa shape index (κ3) is 2.33. The van der Waals surface area contributed by atoms with Crippen LogP contribution in [0.5, 0.6) is 0 Å². The van der Waals surface area contributed by atoms with Crippen molar-refractivity contribution in [2.45, 2.75) is 6.10 Å². The van der Waals surface area contributed by atoms with Gasteiger partial charge < -0.3 is 9.84 Å². The van der Waals surface area contributed by atoms with Crippen LogP contribution in [0.1, 0.15) is 11.7 Å². The molecule has 1 unspecified atom stereocenters. The predicted octanol–water partition coefficient (Wildman–Crippen LogP) is 3.09. The number of carboxylic acids is 1. The van der Waals surface area contributed by atoms with Gasteiger partial charge in [-0.15, -0.1) is 0 Å². The maximum absolute atomic E-state index is 11.2. The Balaban J connectivity index is 2.40. The van der Waals surface area contributed by atoms with E-state index in [0.29, 0.717) is 12.2 Å². The van der Waals surface area contributed by atoms with Crippen molar-refractivity contribution in [3.63, 3.8) is 0 Å². The molecule has 0 amide bonds. The highest BCUT2D eigenvalue weighted by molar-refractivity contribution is 9.10. The molecule has 0 spiro atoms. The Morgan fingerprint density at radius 1 is 1.47 bits per heavy atom. The Morgan fingerprint density at radius 3 is 2.65 bits per heavy atom. The van der Waals surface area contributed by atoms with Crippen LogP contribution in [-0.2, 0) is 9.53 Å². The molecule has 0 aromatic heterocycles. The monoisotopic (exact) mass is 294 g/mol. The van der Waals surface area contributed by atoms with Gasteiger partial charge in [-0.2, -0.15) is 0 Å². The summed E-state index contributed by atoms with van der Waals surface area (Å²) < 4.78 is 6.46. The van der Waals surface area contributed by atoms with Gasteiger partial charge in [-0.1, -0.05) is 40.7 Å². The van der Waals surface area contributed by atoms with Crippen LogP contribution >= 0.6 is 15.9 Å². The fourth-order valence-electron chi connectivity index (χ4n) is 1.82. The molecular formula is C13H11BrO3. The first-order valence-corrected chi connectivity index (χ1v) is 5.88. The van der Waals surface area contributed by atoms with E-state index in [1.54, 1.807) is 6.08 Å². The van der Waals surface area contributed by atoms with Crippen LogP contribution in [-0.4, -0.2) is 17.7 Å². The van der Waals surface area contributed by atoms with Crippen molar-refractivity contribution in [2.75, 3.05) is 6.61 Å². The van der Waals surface area contributed by atoms with Gasteiger partial charge in [0, 0.05) is 4.47 Å². The molecular weight excluding hydrogens is 284 g/mol. The molecule has 1 aliphatic heterocycles. The highest BCUT2D eigenvalue weighted by Crippen LogP contribution is 2.35. The van der Waals surface area contributed by atoms with Crippen molar-refractivity contribution in [3.8, 4) is 0 Å². The largest absolute Gasteiger partial charge is 0.478 e. The SMILES string of the molecule is C=CC1=C(C(=O)O)C(c2ccc(Br)cc2)OC1. The summed E-state index contributed by atoms with van der Waals surface area (Å²) in [5.41, 5.74) is 1.76. The lowest BCUT2D eigenvalue weighted by Gasteiger charge is -2.12. The summed E-state index contributed by atoms with van der Waals surface area (Å²) in [6, 6.07) is 7.43. The van der Waals surface area contributed by atoms with Gasteiger partial charge >= 0.3 is 5.97 Å². The lowest BCUT2D eigenvalue weighted by molar-refractivity contribution is -0.133. The zero-order chi connectivity index (χ0) is 12.4. The van der Waals surface area contributed by atoms with Crippen molar-refractivity contribution in [1.82, 2.24) is 0 Å². The van der Waals surface area contributed by atoms with E-state index in [4.69, 9.17) is 4.74 Å². The van der Waals surface area contributed by atoms with E-state index in [2.05, 4.69) is 22.5 Å². The van der Waals surface area contributed by atoms with Crippen LogP contribution in [0.15, 0.2) is 52.5 Å². The van der Waals surface area contributed by atoms with Gasteiger partial charge in [0.1, 0.15) is 6.10 Å². The molecule has 4 heteroatoms. The van der Waals surface area contributed by atoms with Gasteiger partial charge in [0.15, 0.2) is 0 Å². The predicted molar refractivity (Wildman–Crippen MR) is 67.7 cm³/mol. The number of carboxylic acid groups (broad SMARTS) is 1. The number of aliphatic carboxylic acids is 1. The number of halogens is 1. The van der Waals surface area contributed by atoms with Crippen molar-refractivity contribution >= 4 is 21.9 Å².